The quantitative estimate of drug-likeness (QED) is 0.858. The molecule has 116 valence electrons. The molecule has 0 saturated heterocycles. The summed E-state index contributed by atoms with van der Waals surface area (Å²) in [7, 11) is 0. The summed E-state index contributed by atoms with van der Waals surface area (Å²) in [6.45, 7) is 3.06. The second kappa shape index (κ2) is 6.92. The van der Waals surface area contributed by atoms with Crippen molar-refractivity contribution in [2.24, 2.45) is 0 Å². The van der Waals surface area contributed by atoms with E-state index in [2.05, 4.69) is 20.3 Å². The minimum absolute atomic E-state index is 0.465. The third kappa shape index (κ3) is 3.47. The SMILES string of the molecule is Cc1nc2c(c(NCCOc3ncccc3Cl)n1)CCCC2. The fourth-order valence-electron chi connectivity index (χ4n) is 2.66. The molecular formula is C16H19ClN4O. The van der Waals surface area contributed by atoms with Crippen LogP contribution in [0.1, 0.15) is 29.9 Å². The molecule has 6 heteroatoms. The first-order chi connectivity index (χ1) is 10.7. The molecule has 0 bridgehead atoms. The number of aromatic nitrogens is 3. The van der Waals surface area contributed by atoms with Gasteiger partial charge in [0.15, 0.2) is 0 Å². The van der Waals surface area contributed by atoms with Gasteiger partial charge in [0, 0.05) is 17.5 Å². The average molecular weight is 319 g/mol. The fraction of sp³-hybridized carbons (Fsp3) is 0.438. The van der Waals surface area contributed by atoms with Gasteiger partial charge in [-0.25, -0.2) is 15.0 Å². The zero-order valence-corrected chi connectivity index (χ0v) is 13.4. The number of rotatable bonds is 5. The molecule has 1 N–H and O–H groups in total. The molecule has 1 aliphatic carbocycles. The lowest BCUT2D eigenvalue weighted by Crippen LogP contribution is -2.17. The molecule has 0 radical (unpaired) electrons. The number of nitrogens with one attached hydrogen (secondary N) is 1. The van der Waals surface area contributed by atoms with Gasteiger partial charge in [0.05, 0.1) is 6.54 Å². The molecule has 0 fully saturated rings. The molecule has 3 rings (SSSR count). The molecule has 2 aromatic rings. The van der Waals surface area contributed by atoms with Gasteiger partial charge >= 0.3 is 0 Å². The number of halogens is 1. The van der Waals surface area contributed by atoms with Gasteiger partial charge in [-0.2, -0.15) is 0 Å². The fourth-order valence-corrected chi connectivity index (χ4v) is 2.83. The van der Waals surface area contributed by atoms with E-state index >= 15 is 0 Å². The first-order valence-corrected chi connectivity index (χ1v) is 7.95. The van der Waals surface area contributed by atoms with Gasteiger partial charge in [-0.1, -0.05) is 11.6 Å². The maximum Gasteiger partial charge on any atom is 0.232 e. The van der Waals surface area contributed by atoms with E-state index in [0.717, 1.165) is 24.5 Å². The highest BCUT2D eigenvalue weighted by atomic mass is 35.5. The minimum Gasteiger partial charge on any atom is -0.475 e. The van der Waals surface area contributed by atoms with E-state index in [4.69, 9.17) is 16.3 Å². The molecule has 2 heterocycles. The molecule has 1 aliphatic rings. The lowest BCUT2D eigenvalue weighted by Gasteiger charge is -2.19. The third-order valence-corrected chi connectivity index (χ3v) is 3.94. The van der Waals surface area contributed by atoms with Crippen molar-refractivity contribution < 1.29 is 4.74 Å². The van der Waals surface area contributed by atoms with Crippen LogP contribution in [0.5, 0.6) is 5.88 Å². The van der Waals surface area contributed by atoms with Gasteiger partial charge in [0.2, 0.25) is 5.88 Å². The minimum atomic E-state index is 0.465. The summed E-state index contributed by atoms with van der Waals surface area (Å²) in [5.41, 5.74) is 2.45. The van der Waals surface area contributed by atoms with Crippen LogP contribution < -0.4 is 10.1 Å². The summed E-state index contributed by atoms with van der Waals surface area (Å²) in [6, 6.07) is 3.55. The van der Waals surface area contributed by atoms with Gasteiger partial charge in [-0.15, -0.1) is 0 Å². The summed E-state index contributed by atoms with van der Waals surface area (Å²) < 4.78 is 5.58. The molecule has 0 amide bonds. The van der Waals surface area contributed by atoms with Crippen molar-refractivity contribution >= 4 is 17.4 Å². The van der Waals surface area contributed by atoms with E-state index in [0.29, 0.717) is 24.1 Å². The van der Waals surface area contributed by atoms with Crippen molar-refractivity contribution in [3.63, 3.8) is 0 Å². The Morgan fingerprint density at radius 3 is 3.00 bits per heavy atom. The number of pyridine rings is 1. The molecule has 0 spiro atoms. The molecule has 5 nitrogen and oxygen atoms in total. The van der Waals surface area contributed by atoms with Crippen LogP contribution in [-0.2, 0) is 12.8 Å². The number of hydrogen-bond acceptors (Lipinski definition) is 5. The lowest BCUT2D eigenvalue weighted by molar-refractivity contribution is 0.320. The van der Waals surface area contributed by atoms with E-state index < -0.39 is 0 Å². The Morgan fingerprint density at radius 1 is 1.27 bits per heavy atom. The maximum atomic E-state index is 6.01. The van der Waals surface area contributed by atoms with Gasteiger partial charge in [0.25, 0.3) is 0 Å². The smallest absolute Gasteiger partial charge is 0.232 e. The van der Waals surface area contributed by atoms with Crippen LogP contribution in [0.25, 0.3) is 0 Å². The number of fused-ring (bicyclic) bond motifs is 1. The number of hydrogen-bond donors (Lipinski definition) is 1. The summed E-state index contributed by atoms with van der Waals surface area (Å²) in [5, 5.41) is 3.88. The molecule has 2 aromatic heterocycles. The van der Waals surface area contributed by atoms with E-state index in [9.17, 15) is 0 Å². The molecule has 22 heavy (non-hydrogen) atoms. The van der Waals surface area contributed by atoms with Crippen molar-refractivity contribution in [1.82, 2.24) is 15.0 Å². The number of anilines is 1. The highest BCUT2D eigenvalue weighted by Gasteiger charge is 2.16. The van der Waals surface area contributed by atoms with Crippen molar-refractivity contribution in [1.29, 1.82) is 0 Å². The summed E-state index contributed by atoms with van der Waals surface area (Å²) in [6.07, 6.45) is 6.18. The van der Waals surface area contributed by atoms with Crippen LogP contribution >= 0.6 is 11.6 Å². The highest BCUT2D eigenvalue weighted by Crippen LogP contribution is 2.25. The predicted molar refractivity (Wildman–Crippen MR) is 86.6 cm³/mol. The maximum absolute atomic E-state index is 6.01. The third-order valence-electron chi connectivity index (χ3n) is 3.65. The van der Waals surface area contributed by atoms with Gasteiger partial charge in [0.1, 0.15) is 23.3 Å². The Hall–Kier alpha value is -1.88. The number of ether oxygens (including phenoxy) is 1. The van der Waals surface area contributed by atoms with E-state index in [1.165, 1.54) is 24.1 Å². The van der Waals surface area contributed by atoms with Crippen LogP contribution in [0, 0.1) is 6.92 Å². The summed E-state index contributed by atoms with van der Waals surface area (Å²) >= 11 is 6.01. The number of nitrogens with zero attached hydrogens (tertiary/aromatic N) is 3. The standard InChI is InChI=1S/C16H19ClN4O/c1-11-20-14-7-3-2-5-12(14)15(21-11)18-9-10-22-16-13(17)6-4-8-19-16/h4,6,8H,2-3,5,7,9-10H2,1H3,(H,18,20,21). The Balaban J connectivity index is 1.60. The van der Waals surface area contributed by atoms with Gasteiger partial charge < -0.3 is 10.1 Å². The average Bonchev–Trinajstić information content (AvgIpc) is 2.53. The molecule has 0 aromatic carbocycles. The van der Waals surface area contributed by atoms with E-state index in [1.807, 2.05) is 6.92 Å². The zero-order chi connectivity index (χ0) is 15.4. The lowest BCUT2D eigenvalue weighted by atomic mass is 9.96. The van der Waals surface area contributed by atoms with Gasteiger partial charge in [-0.05, 0) is 44.7 Å². The Morgan fingerprint density at radius 2 is 2.14 bits per heavy atom. The second-order valence-electron chi connectivity index (χ2n) is 5.32. The Kier molecular flexibility index (Phi) is 4.73. The van der Waals surface area contributed by atoms with Crippen molar-refractivity contribution in [2.45, 2.75) is 32.6 Å². The van der Waals surface area contributed by atoms with Gasteiger partial charge in [-0.3, -0.25) is 0 Å². The molecule has 0 aliphatic heterocycles. The highest BCUT2D eigenvalue weighted by molar-refractivity contribution is 6.31. The first-order valence-electron chi connectivity index (χ1n) is 7.57. The Labute approximate surface area is 135 Å². The molecular weight excluding hydrogens is 300 g/mol. The normalized spacial score (nSPS) is 13.5. The predicted octanol–water partition coefficient (Wildman–Crippen LogP) is 3.20. The van der Waals surface area contributed by atoms with Crippen LogP contribution in [0.2, 0.25) is 5.02 Å². The topological polar surface area (TPSA) is 59.9 Å². The first kappa shape index (κ1) is 15.0. The summed E-state index contributed by atoms with van der Waals surface area (Å²) in [5.74, 6) is 2.22. The molecule has 0 unspecified atom stereocenters. The van der Waals surface area contributed by atoms with Crippen LogP contribution in [0.4, 0.5) is 5.82 Å². The molecule has 0 saturated carbocycles. The second-order valence-corrected chi connectivity index (χ2v) is 5.72. The molecule has 0 atom stereocenters. The zero-order valence-electron chi connectivity index (χ0n) is 12.6. The van der Waals surface area contributed by atoms with Crippen LogP contribution in [-0.4, -0.2) is 28.1 Å². The number of aryl methyl sites for hydroxylation is 2. The van der Waals surface area contributed by atoms with Crippen LogP contribution in [0.3, 0.4) is 0 Å². The van der Waals surface area contributed by atoms with Crippen LogP contribution in [0.15, 0.2) is 18.3 Å². The largest absolute Gasteiger partial charge is 0.475 e. The van der Waals surface area contributed by atoms with E-state index in [-0.39, 0.29) is 0 Å². The van der Waals surface area contributed by atoms with Crippen molar-refractivity contribution in [3.05, 3.63) is 40.4 Å². The monoisotopic (exact) mass is 318 g/mol. The van der Waals surface area contributed by atoms with Crippen molar-refractivity contribution in [3.8, 4) is 5.88 Å². The Bertz CT molecular complexity index is 663. The van der Waals surface area contributed by atoms with E-state index in [1.54, 1.807) is 18.3 Å². The van der Waals surface area contributed by atoms with Crippen molar-refractivity contribution in [2.75, 3.05) is 18.5 Å². The summed E-state index contributed by atoms with van der Waals surface area (Å²) in [4.78, 5) is 13.2.